The minimum Gasteiger partial charge on any atom is -0.379 e. The summed E-state index contributed by atoms with van der Waals surface area (Å²) in [5.41, 5.74) is 6.19. The Morgan fingerprint density at radius 2 is 2.60 bits per heavy atom. The highest BCUT2D eigenvalue weighted by molar-refractivity contribution is 7.07. The van der Waals surface area contributed by atoms with Gasteiger partial charge in [-0.3, -0.25) is 4.79 Å². The molecule has 1 amide bonds. The monoisotopic (exact) mass is 226 g/mol. The third-order valence-corrected chi connectivity index (χ3v) is 3.27. The molecule has 5 heteroatoms. The Hall–Kier alpha value is -0.910. The summed E-state index contributed by atoms with van der Waals surface area (Å²) in [5.74, 6) is -0.119. The molecule has 3 N–H and O–H groups in total. The van der Waals surface area contributed by atoms with Gasteiger partial charge in [0.05, 0.1) is 6.61 Å². The van der Waals surface area contributed by atoms with Crippen LogP contribution in [0.4, 0.5) is 0 Å². The summed E-state index contributed by atoms with van der Waals surface area (Å²) in [7, 11) is 0. The number of hydrogen-bond donors (Lipinski definition) is 2. The Morgan fingerprint density at radius 3 is 3.20 bits per heavy atom. The topological polar surface area (TPSA) is 64.4 Å². The fourth-order valence-electron chi connectivity index (χ4n) is 1.51. The Morgan fingerprint density at radius 1 is 1.73 bits per heavy atom. The lowest BCUT2D eigenvalue weighted by Crippen LogP contribution is -2.54. The highest BCUT2D eigenvalue weighted by atomic mass is 32.1. The standard InChI is InChI=1S/C10H14N2O2S/c11-10(2-3-14-7-10)9(13)12-5-8-1-4-15-6-8/h1,4,6H,2-3,5,7,11H2,(H,12,13). The smallest absolute Gasteiger partial charge is 0.242 e. The lowest BCUT2D eigenvalue weighted by atomic mass is 9.99. The molecule has 1 aliphatic rings. The van der Waals surface area contributed by atoms with E-state index in [1.165, 1.54) is 0 Å². The van der Waals surface area contributed by atoms with Crippen LogP contribution in [0.3, 0.4) is 0 Å². The number of ether oxygens (including phenoxy) is 1. The van der Waals surface area contributed by atoms with E-state index in [-0.39, 0.29) is 5.91 Å². The summed E-state index contributed by atoms with van der Waals surface area (Å²) in [6.07, 6.45) is 0.600. The number of carbonyl (C=O) groups is 1. The maximum Gasteiger partial charge on any atom is 0.242 e. The van der Waals surface area contributed by atoms with Crippen molar-refractivity contribution >= 4 is 17.2 Å². The normalized spacial score (nSPS) is 25.4. The van der Waals surface area contributed by atoms with Gasteiger partial charge < -0.3 is 15.8 Å². The van der Waals surface area contributed by atoms with Crippen molar-refractivity contribution in [2.45, 2.75) is 18.5 Å². The molecule has 0 aliphatic carbocycles. The van der Waals surface area contributed by atoms with E-state index < -0.39 is 5.54 Å². The highest BCUT2D eigenvalue weighted by Crippen LogP contribution is 2.15. The van der Waals surface area contributed by atoms with E-state index in [0.717, 1.165) is 5.56 Å². The molecule has 1 atom stereocenters. The first-order valence-corrected chi connectivity index (χ1v) is 5.81. The van der Waals surface area contributed by atoms with Gasteiger partial charge in [0.25, 0.3) is 0 Å². The number of amides is 1. The molecule has 2 rings (SSSR count). The second-order valence-corrected chi connectivity index (χ2v) is 4.55. The van der Waals surface area contributed by atoms with Gasteiger partial charge in [-0.25, -0.2) is 0 Å². The summed E-state index contributed by atoms with van der Waals surface area (Å²) < 4.78 is 5.13. The number of thiophene rings is 1. The largest absolute Gasteiger partial charge is 0.379 e. The molecule has 4 nitrogen and oxygen atoms in total. The minimum atomic E-state index is -0.823. The quantitative estimate of drug-likeness (QED) is 0.788. The van der Waals surface area contributed by atoms with Crippen LogP contribution in [-0.4, -0.2) is 24.7 Å². The molecule has 0 spiro atoms. The molecule has 82 valence electrons. The molecule has 1 aromatic rings. The average molecular weight is 226 g/mol. The van der Waals surface area contributed by atoms with Crippen LogP contribution >= 0.6 is 11.3 Å². The molecule has 2 heterocycles. The molecular weight excluding hydrogens is 212 g/mol. The first kappa shape index (κ1) is 10.6. The van der Waals surface area contributed by atoms with Crippen molar-refractivity contribution in [3.8, 4) is 0 Å². The Balaban J connectivity index is 1.87. The van der Waals surface area contributed by atoms with Crippen LogP contribution < -0.4 is 11.1 Å². The molecule has 1 unspecified atom stereocenters. The predicted octanol–water partition coefficient (Wildman–Crippen LogP) is 0.482. The number of rotatable bonds is 3. The first-order chi connectivity index (χ1) is 7.21. The van der Waals surface area contributed by atoms with Crippen molar-refractivity contribution in [2.75, 3.05) is 13.2 Å². The zero-order valence-corrected chi connectivity index (χ0v) is 9.18. The van der Waals surface area contributed by atoms with E-state index in [4.69, 9.17) is 10.5 Å². The third-order valence-electron chi connectivity index (χ3n) is 2.54. The molecule has 1 aromatic heterocycles. The summed E-state index contributed by atoms with van der Waals surface area (Å²) in [6.45, 7) is 1.44. The second-order valence-electron chi connectivity index (χ2n) is 3.77. The second kappa shape index (κ2) is 4.30. The number of hydrogen-bond acceptors (Lipinski definition) is 4. The van der Waals surface area contributed by atoms with E-state index in [1.54, 1.807) is 11.3 Å². The van der Waals surface area contributed by atoms with Crippen LogP contribution in [0.15, 0.2) is 16.8 Å². The zero-order chi connectivity index (χ0) is 10.7. The summed E-state index contributed by atoms with van der Waals surface area (Å²) in [6, 6.07) is 1.99. The van der Waals surface area contributed by atoms with Crippen molar-refractivity contribution < 1.29 is 9.53 Å². The van der Waals surface area contributed by atoms with E-state index in [0.29, 0.717) is 26.2 Å². The van der Waals surface area contributed by atoms with Gasteiger partial charge in [0, 0.05) is 13.2 Å². The average Bonchev–Trinajstić information content (AvgIpc) is 2.85. The van der Waals surface area contributed by atoms with Gasteiger partial charge in [-0.05, 0) is 28.8 Å². The lowest BCUT2D eigenvalue weighted by Gasteiger charge is -2.20. The fraction of sp³-hybridized carbons (Fsp3) is 0.500. The van der Waals surface area contributed by atoms with Gasteiger partial charge in [-0.1, -0.05) is 0 Å². The maximum atomic E-state index is 11.7. The van der Waals surface area contributed by atoms with Crippen molar-refractivity contribution in [3.63, 3.8) is 0 Å². The molecule has 1 aliphatic heterocycles. The van der Waals surface area contributed by atoms with Gasteiger partial charge in [0.2, 0.25) is 5.91 Å². The van der Waals surface area contributed by atoms with Crippen LogP contribution in [0, 0.1) is 0 Å². The number of nitrogens with one attached hydrogen (secondary N) is 1. The van der Waals surface area contributed by atoms with Crippen LogP contribution in [0.1, 0.15) is 12.0 Å². The highest BCUT2D eigenvalue weighted by Gasteiger charge is 2.37. The van der Waals surface area contributed by atoms with Crippen LogP contribution in [0.2, 0.25) is 0 Å². The Bertz CT molecular complexity index is 331. The van der Waals surface area contributed by atoms with E-state index in [1.807, 2.05) is 16.8 Å². The molecule has 0 aromatic carbocycles. The maximum absolute atomic E-state index is 11.7. The van der Waals surface area contributed by atoms with E-state index >= 15 is 0 Å². The van der Waals surface area contributed by atoms with Crippen molar-refractivity contribution in [3.05, 3.63) is 22.4 Å². The predicted molar refractivity (Wildman–Crippen MR) is 58.5 cm³/mol. The van der Waals surface area contributed by atoms with Gasteiger partial charge in [0.15, 0.2) is 0 Å². The summed E-state index contributed by atoms with van der Waals surface area (Å²) in [5, 5.41) is 6.82. The fourth-order valence-corrected chi connectivity index (χ4v) is 2.18. The molecule has 1 saturated heterocycles. The van der Waals surface area contributed by atoms with E-state index in [9.17, 15) is 4.79 Å². The van der Waals surface area contributed by atoms with Crippen LogP contribution in [-0.2, 0) is 16.1 Å². The van der Waals surface area contributed by atoms with Gasteiger partial charge in [-0.15, -0.1) is 0 Å². The van der Waals surface area contributed by atoms with E-state index in [2.05, 4.69) is 5.32 Å². The van der Waals surface area contributed by atoms with Crippen LogP contribution in [0.5, 0.6) is 0 Å². The van der Waals surface area contributed by atoms with Gasteiger partial charge in [0.1, 0.15) is 5.54 Å². The molecule has 0 radical (unpaired) electrons. The number of carbonyl (C=O) groups excluding carboxylic acids is 1. The lowest BCUT2D eigenvalue weighted by molar-refractivity contribution is -0.126. The van der Waals surface area contributed by atoms with Gasteiger partial charge in [-0.2, -0.15) is 11.3 Å². The number of nitrogens with two attached hydrogens (primary N) is 1. The van der Waals surface area contributed by atoms with Crippen molar-refractivity contribution in [1.29, 1.82) is 0 Å². The third kappa shape index (κ3) is 2.37. The Kier molecular flexibility index (Phi) is 3.04. The molecule has 1 fully saturated rings. The SMILES string of the molecule is NC1(C(=O)NCc2ccsc2)CCOC1. The first-order valence-electron chi connectivity index (χ1n) is 4.87. The molecular formula is C10H14N2O2S. The summed E-state index contributed by atoms with van der Waals surface area (Å²) >= 11 is 1.62. The van der Waals surface area contributed by atoms with Crippen molar-refractivity contribution in [2.24, 2.45) is 5.73 Å². The minimum absolute atomic E-state index is 0.119. The van der Waals surface area contributed by atoms with Crippen molar-refractivity contribution in [1.82, 2.24) is 5.32 Å². The molecule has 0 bridgehead atoms. The summed E-state index contributed by atoms with van der Waals surface area (Å²) in [4.78, 5) is 11.7. The molecule has 15 heavy (non-hydrogen) atoms. The van der Waals surface area contributed by atoms with Gasteiger partial charge >= 0.3 is 0 Å². The molecule has 0 saturated carbocycles. The zero-order valence-electron chi connectivity index (χ0n) is 8.36. The Labute approximate surface area is 92.4 Å². The van der Waals surface area contributed by atoms with Crippen LogP contribution in [0.25, 0.3) is 0 Å².